The summed E-state index contributed by atoms with van der Waals surface area (Å²) >= 11 is 0. The molecule has 0 fully saturated rings. The first-order valence-electron chi connectivity index (χ1n) is 6.11. The highest BCUT2D eigenvalue weighted by Crippen LogP contribution is 2.19. The zero-order valence-corrected chi connectivity index (χ0v) is 10.6. The van der Waals surface area contributed by atoms with Crippen molar-refractivity contribution in [1.82, 2.24) is 0 Å². The summed E-state index contributed by atoms with van der Waals surface area (Å²) in [4.78, 5) is 0. The van der Waals surface area contributed by atoms with Crippen molar-refractivity contribution in [3.63, 3.8) is 0 Å². The molecule has 2 nitrogen and oxygen atoms in total. The van der Waals surface area contributed by atoms with E-state index in [1.54, 1.807) is 0 Å². The molecule has 2 N–H and O–H groups in total. The van der Waals surface area contributed by atoms with Gasteiger partial charge in [-0.15, -0.1) is 0 Å². The van der Waals surface area contributed by atoms with E-state index in [2.05, 4.69) is 32.9 Å². The fourth-order valence-electron chi connectivity index (χ4n) is 1.55. The number of nitrogens with two attached hydrogens (primary N) is 1. The van der Waals surface area contributed by atoms with E-state index in [1.165, 1.54) is 5.56 Å². The Labute approximate surface area is 98.8 Å². The largest absolute Gasteiger partial charge is 0.493 e. The summed E-state index contributed by atoms with van der Waals surface area (Å²) in [5.41, 5.74) is 7.23. The quantitative estimate of drug-likeness (QED) is 0.797. The number of ether oxygens (including phenoxy) is 1. The minimum atomic E-state index is 0.157. The van der Waals surface area contributed by atoms with Crippen molar-refractivity contribution in [3.8, 4) is 5.75 Å². The lowest BCUT2D eigenvalue weighted by molar-refractivity contribution is 0.271. The van der Waals surface area contributed by atoms with Gasteiger partial charge in [-0.05, 0) is 30.0 Å². The third-order valence-corrected chi connectivity index (χ3v) is 2.49. The topological polar surface area (TPSA) is 35.2 Å². The number of benzene rings is 1. The molecule has 0 aliphatic carbocycles. The Hall–Kier alpha value is -1.02. The normalized spacial score (nSPS) is 12.8. The smallest absolute Gasteiger partial charge is 0.119 e. The van der Waals surface area contributed by atoms with Crippen LogP contribution in [0.2, 0.25) is 0 Å². The predicted octanol–water partition coefficient (Wildman–Crippen LogP) is 3.52. The van der Waals surface area contributed by atoms with Gasteiger partial charge >= 0.3 is 0 Å². The first-order chi connectivity index (χ1) is 7.63. The SMILES string of the molecule is CCCC(N)c1ccc(OCC(C)C)cc1. The Balaban J connectivity index is 2.53. The van der Waals surface area contributed by atoms with Gasteiger partial charge in [0.2, 0.25) is 0 Å². The van der Waals surface area contributed by atoms with Crippen LogP contribution in [0.4, 0.5) is 0 Å². The van der Waals surface area contributed by atoms with Crippen LogP contribution in [0.5, 0.6) is 5.75 Å². The molecule has 2 heteroatoms. The molecule has 0 radical (unpaired) electrons. The van der Waals surface area contributed by atoms with Crippen LogP contribution in [-0.2, 0) is 0 Å². The maximum Gasteiger partial charge on any atom is 0.119 e. The highest BCUT2D eigenvalue weighted by atomic mass is 16.5. The fraction of sp³-hybridized carbons (Fsp3) is 0.571. The van der Waals surface area contributed by atoms with Gasteiger partial charge < -0.3 is 10.5 Å². The Morgan fingerprint density at radius 3 is 2.31 bits per heavy atom. The number of hydrogen-bond donors (Lipinski definition) is 1. The molecule has 1 aromatic carbocycles. The van der Waals surface area contributed by atoms with E-state index in [1.807, 2.05) is 12.1 Å². The molecular formula is C14H23NO. The second-order valence-corrected chi connectivity index (χ2v) is 4.67. The van der Waals surface area contributed by atoms with Crippen molar-refractivity contribution in [3.05, 3.63) is 29.8 Å². The Morgan fingerprint density at radius 1 is 1.19 bits per heavy atom. The lowest BCUT2D eigenvalue weighted by atomic mass is 10.0. The van der Waals surface area contributed by atoms with Gasteiger partial charge in [-0.25, -0.2) is 0 Å². The van der Waals surface area contributed by atoms with Crippen molar-refractivity contribution >= 4 is 0 Å². The molecule has 1 atom stereocenters. The van der Waals surface area contributed by atoms with Crippen LogP contribution >= 0.6 is 0 Å². The van der Waals surface area contributed by atoms with Crippen molar-refractivity contribution < 1.29 is 4.74 Å². The molecule has 0 aliphatic heterocycles. The third kappa shape index (κ3) is 4.23. The first-order valence-corrected chi connectivity index (χ1v) is 6.11. The Kier molecular flexibility index (Phi) is 5.33. The van der Waals surface area contributed by atoms with Crippen LogP contribution in [0, 0.1) is 5.92 Å². The standard InChI is InChI=1S/C14H23NO/c1-4-5-14(15)12-6-8-13(9-7-12)16-10-11(2)3/h6-9,11,14H,4-5,10,15H2,1-3H3. The van der Waals surface area contributed by atoms with Crippen LogP contribution in [-0.4, -0.2) is 6.61 Å². The minimum absolute atomic E-state index is 0.157. The highest BCUT2D eigenvalue weighted by Gasteiger charge is 2.04. The Morgan fingerprint density at radius 2 is 1.81 bits per heavy atom. The summed E-state index contributed by atoms with van der Waals surface area (Å²) in [7, 11) is 0. The van der Waals surface area contributed by atoms with Gasteiger partial charge in [0.1, 0.15) is 5.75 Å². The molecule has 0 heterocycles. The van der Waals surface area contributed by atoms with E-state index in [9.17, 15) is 0 Å². The van der Waals surface area contributed by atoms with Gasteiger partial charge in [0.25, 0.3) is 0 Å². The second kappa shape index (κ2) is 6.54. The summed E-state index contributed by atoms with van der Waals surface area (Å²) in [5, 5.41) is 0. The van der Waals surface area contributed by atoms with Crippen molar-refractivity contribution in [2.75, 3.05) is 6.61 Å². The second-order valence-electron chi connectivity index (χ2n) is 4.67. The lowest BCUT2D eigenvalue weighted by Crippen LogP contribution is -2.09. The minimum Gasteiger partial charge on any atom is -0.493 e. The summed E-state index contributed by atoms with van der Waals surface area (Å²) < 4.78 is 5.62. The maximum absolute atomic E-state index is 6.04. The van der Waals surface area contributed by atoms with Gasteiger partial charge in [-0.3, -0.25) is 0 Å². The average molecular weight is 221 g/mol. The molecule has 0 aliphatic rings. The fourth-order valence-corrected chi connectivity index (χ4v) is 1.55. The average Bonchev–Trinajstić information content (AvgIpc) is 2.27. The van der Waals surface area contributed by atoms with Gasteiger partial charge in [-0.2, -0.15) is 0 Å². The van der Waals surface area contributed by atoms with Gasteiger partial charge in [-0.1, -0.05) is 39.3 Å². The molecule has 0 saturated carbocycles. The zero-order valence-electron chi connectivity index (χ0n) is 10.6. The predicted molar refractivity (Wildman–Crippen MR) is 68.6 cm³/mol. The maximum atomic E-state index is 6.04. The molecule has 16 heavy (non-hydrogen) atoms. The molecular weight excluding hydrogens is 198 g/mol. The summed E-state index contributed by atoms with van der Waals surface area (Å²) in [6, 6.07) is 8.30. The van der Waals surface area contributed by atoms with Gasteiger partial charge in [0.05, 0.1) is 6.61 Å². The van der Waals surface area contributed by atoms with E-state index >= 15 is 0 Å². The molecule has 0 aromatic heterocycles. The number of rotatable bonds is 6. The van der Waals surface area contributed by atoms with E-state index < -0.39 is 0 Å². The summed E-state index contributed by atoms with van der Waals surface area (Å²) in [5.74, 6) is 1.49. The van der Waals surface area contributed by atoms with Gasteiger partial charge in [0.15, 0.2) is 0 Å². The lowest BCUT2D eigenvalue weighted by Gasteiger charge is -2.12. The molecule has 0 spiro atoms. The van der Waals surface area contributed by atoms with E-state index in [0.717, 1.165) is 25.2 Å². The van der Waals surface area contributed by atoms with Crippen LogP contribution in [0.25, 0.3) is 0 Å². The molecule has 1 rings (SSSR count). The van der Waals surface area contributed by atoms with Crippen molar-refractivity contribution in [2.45, 2.75) is 39.7 Å². The van der Waals surface area contributed by atoms with E-state index in [-0.39, 0.29) is 6.04 Å². The van der Waals surface area contributed by atoms with E-state index in [4.69, 9.17) is 10.5 Å². The van der Waals surface area contributed by atoms with Crippen molar-refractivity contribution in [2.24, 2.45) is 11.7 Å². The monoisotopic (exact) mass is 221 g/mol. The van der Waals surface area contributed by atoms with Crippen LogP contribution < -0.4 is 10.5 Å². The van der Waals surface area contributed by atoms with Crippen LogP contribution in [0.15, 0.2) is 24.3 Å². The molecule has 0 saturated heterocycles. The first kappa shape index (κ1) is 13.0. The summed E-state index contributed by atoms with van der Waals surface area (Å²) in [6.07, 6.45) is 2.15. The third-order valence-electron chi connectivity index (χ3n) is 2.49. The molecule has 0 bridgehead atoms. The molecule has 0 amide bonds. The Bertz CT molecular complexity index is 292. The highest BCUT2D eigenvalue weighted by molar-refractivity contribution is 5.29. The molecule has 1 aromatic rings. The van der Waals surface area contributed by atoms with Crippen LogP contribution in [0.1, 0.15) is 45.2 Å². The zero-order chi connectivity index (χ0) is 12.0. The molecule has 1 unspecified atom stereocenters. The van der Waals surface area contributed by atoms with E-state index in [0.29, 0.717) is 5.92 Å². The molecule has 90 valence electrons. The summed E-state index contributed by atoms with van der Waals surface area (Å²) in [6.45, 7) is 7.21. The van der Waals surface area contributed by atoms with Gasteiger partial charge in [0, 0.05) is 6.04 Å². The number of hydrogen-bond acceptors (Lipinski definition) is 2. The van der Waals surface area contributed by atoms with Crippen molar-refractivity contribution in [1.29, 1.82) is 0 Å². The van der Waals surface area contributed by atoms with Crippen LogP contribution in [0.3, 0.4) is 0 Å².